The number of likely N-dealkylation sites (N-methyl/N-ethyl adjacent to an activating group) is 4. The highest BCUT2D eigenvalue weighted by atomic mass is 35.5. The Bertz CT molecular complexity index is 3020. The van der Waals surface area contributed by atoms with Crippen LogP contribution in [-0.2, 0) is 23.7 Å². The number of carbonyl (C=O) groups is 1. The maximum atomic E-state index is 10.2. The molecule has 8 atom stereocenters. The zero-order valence-corrected chi connectivity index (χ0v) is 62.0. The van der Waals surface area contributed by atoms with E-state index in [1.54, 1.807) is 90.1 Å². The summed E-state index contributed by atoms with van der Waals surface area (Å²) in [6.07, 6.45) is 0.152. The molecule has 2 heterocycles. The van der Waals surface area contributed by atoms with E-state index in [1.165, 1.54) is 6.07 Å². The Kier molecular flexibility index (Phi) is 41.8. The fourth-order valence-electron chi connectivity index (χ4n) is 8.90. The molecular weight excluding hydrogens is 1460 g/mol. The number of piperazine rings is 1. The van der Waals surface area contributed by atoms with Crippen molar-refractivity contribution >= 4 is 163 Å². The van der Waals surface area contributed by atoms with E-state index in [-0.39, 0.29) is 48.9 Å². The van der Waals surface area contributed by atoms with Crippen LogP contribution in [0.3, 0.4) is 0 Å². The van der Waals surface area contributed by atoms with Gasteiger partial charge in [0.1, 0.15) is 6.10 Å². The predicted molar refractivity (Wildman–Crippen MR) is 386 cm³/mol. The average Bonchev–Trinajstić information content (AvgIpc) is 1.93. The number of ether oxygens (including phenoxy) is 5. The first-order valence-corrected chi connectivity index (χ1v) is 33.6. The summed E-state index contributed by atoms with van der Waals surface area (Å²) in [5, 5.41) is 37.1. The van der Waals surface area contributed by atoms with Gasteiger partial charge in [-0.3, -0.25) is 19.5 Å². The summed E-state index contributed by atoms with van der Waals surface area (Å²) < 4.78 is 25.4. The van der Waals surface area contributed by atoms with Crippen molar-refractivity contribution in [3.63, 3.8) is 0 Å². The summed E-state index contributed by atoms with van der Waals surface area (Å²) in [5.41, 5.74) is 5.18. The van der Waals surface area contributed by atoms with Crippen molar-refractivity contribution in [1.29, 1.82) is 0 Å². The van der Waals surface area contributed by atoms with E-state index in [9.17, 15) is 15.0 Å². The number of nitrogens with one attached hydrogen (secondary N) is 1. The maximum absolute atomic E-state index is 10.2. The van der Waals surface area contributed by atoms with E-state index >= 15 is 0 Å². The van der Waals surface area contributed by atoms with Crippen LogP contribution < -0.4 is 10.2 Å². The van der Waals surface area contributed by atoms with E-state index in [1.807, 2.05) is 73.6 Å². The van der Waals surface area contributed by atoms with E-state index in [4.69, 9.17) is 180 Å². The Hall–Kier alpha value is -1.92. The van der Waals surface area contributed by atoms with Gasteiger partial charge in [-0.15, -0.1) is 23.2 Å². The second-order valence-corrected chi connectivity index (χ2v) is 26.5. The topological polar surface area (TPSA) is 152 Å². The lowest BCUT2D eigenvalue weighted by atomic mass is 9.98. The van der Waals surface area contributed by atoms with Gasteiger partial charge in [0.25, 0.3) is 0 Å². The van der Waals surface area contributed by atoms with Crippen molar-refractivity contribution in [1.82, 2.24) is 20.0 Å². The molecule has 92 heavy (non-hydrogen) atoms. The van der Waals surface area contributed by atoms with Gasteiger partial charge in [-0.05, 0) is 130 Å². The minimum Gasteiger partial charge on any atom is -0.395 e. The number of halogens is 13. The number of aliphatic hydroxyl groups is 3. The SMILES string of the molecule is CNC(CO)COC.COCC(CCl)N(C)CC(Cl)c1ccc(Cl)cc1Cl.COCC(CO)N(C)CC(O)c1ccc(Cl)cc1Cl.COC[C@H]1CN(c2ccc(Cl)cc2)[C@@H](c2ccc(Cl)cc2Cl)CN1C.Clc1ccc(C2CO2)c(Cl)c1.O=Cc1ccc(Cl)cc1Cl. The number of aldehydes is 1. The van der Waals surface area contributed by atoms with Crippen LogP contribution in [0.4, 0.5) is 5.69 Å². The fraction of sp³-hybridized carbons (Fsp3) is 0.431. The van der Waals surface area contributed by atoms with E-state index in [0.717, 1.165) is 47.1 Å². The number of aliphatic hydroxyl groups excluding tert-OH is 3. The van der Waals surface area contributed by atoms with Crippen LogP contribution in [0.25, 0.3) is 0 Å². The van der Waals surface area contributed by atoms with E-state index < -0.39 is 6.10 Å². The van der Waals surface area contributed by atoms with Crippen LogP contribution in [0.1, 0.15) is 56.2 Å². The lowest BCUT2D eigenvalue weighted by Gasteiger charge is -2.46. The molecular formula is C65H80Cl13N5O9. The molecule has 14 nitrogen and oxygen atoms in total. The summed E-state index contributed by atoms with van der Waals surface area (Å²) >= 11 is 77.7. The number of nitrogens with zero attached hydrogens (tertiary/aromatic N) is 4. The van der Waals surface area contributed by atoms with Crippen LogP contribution in [0.15, 0.2) is 115 Å². The van der Waals surface area contributed by atoms with Crippen molar-refractivity contribution < 1.29 is 43.8 Å². The number of hydrogen-bond donors (Lipinski definition) is 4. The molecule has 0 amide bonds. The third kappa shape index (κ3) is 29.7. The minimum atomic E-state index is -0.749. The zero-order chi connectivity index (χ0) is 68.6. The number of alkyl halides is 2. The van der Waals surface area contributed by atoms with Crippen LogP contribution in [0, 0.1) is 0 Å². The molecule has 2 fully saturated rings. The monoisotopic (exact) mass is 1530 g/mol. The van der Waals surface area contributed by atoms with Crippen molar-refractivity contribution in [2.24, 2.45) is 0 Å². The molecule has 6 unspecified atom stereocenters. The number of rotatable bonds is 24. The van der Waals surface area contributed by atoms with E-state index in [2.05, 4.69) is 27.1 Å². The summed E-state index contributed by atoms with van der Waals surface area (Å²) in [6, 6.07) is 34.7. The molecule has 0 aromatic heterocycles. The van der Waals surface area contributed by atoms with Crippen molar-refractivity contribution in [3.8, 4) is 0 Å². The molecule has 0 saturated carbocycles. The molecule has 2 aliphatic heterocycles. The Balaban J connectivity index is 0.000000300. The molecule has 6 aromatic carbocycles. The molecule has 6 aromatic rings. The van der Waals surface area contributed by atoms with Gasteiger partial charge in [0.15, 0.2) is 6.29 Å². The van der Waals surface area contributed by atoms with Crippen LogP contribution in [0.2, 0.25) is 55.2 Å². The van der Waals surface area contributed by atoms with Crippen LogP contribution >= 0.6 is 151 Å². The third-order valence-corrected chi connectivity index (χ3v) is 18.1. The minimum absolute atomic E-state index is 0.0363. The van der Waals surface area contributed by atoms with Crippen LogP contribution in [-0.4, -0.2) is 195 Å². The van der Waals surface area contributed by atoms with Gasteiger partial charge in [-0.2, -0.15) is 0 Å². The molecule has 2 saturated heterocycles. The molecule has 8 rings (SSSR count). The normalized spacial score (nSPS) is 16.8. The van der Waals surface area contributed by atoms with Crippen molar-refractivity contribution in [2.45, 2.75) is 47.8 Å². The van der Waals surface area contributed by atoms with Gasteiger partial charge >= 0.3 is 0 Å². The van der Waals surface area contributed by atoms with Gasteiger partial charge in [-0.1, -0.05) is 152 Å². The lowest BCUT2D eigenvalue weighted by molar-refractivity contribution is 0.0375. The first kappa shape index (κ1) is 84.3. The molecule has 2 aliphatic rings. The number of hydrogen-bond acceptors (Lipinski definition) is 14. The third-order valence-electron chi connectivity index (χ3n) is 14.3. The van der Waals surface area contributed by atoms with Crippen molar-refractivity contribution in [2.75, 3.05) is 140 Å². The highest BCUT2D eigenvalue weighted by Crippen LogP contribution is 2.38. The van der Waals surface area contributed by atoms with Gasteiger partial charge < -0.3 is 49.2 Å². The number of methoxy groups -OCH3 is 4. The number of epoxide rings is 1. The number of carbonyl (C=O) groups excluding carboxylic acids is 1. The number of anilines is 1. The molecule has 0 aliphatic carbocycles. The number of benzene rings is 6. The molecule has 0 spiro atoms. The second-order valence-electron chi connectivity index (χ2n) is 21.0. The molecule has 27 heteroatoms. The van der Waals surface area contributed by atoms with E-state index in [0.29, 0.717) is 119 Å². The van der Waals surface area contributed by atoms with Crippen LogP contribution in [0.5, 0.6) is 0 Å². The smallest absolute Gasteiger partial charge is 0.151 e. The van der Waals surface area contributed by atoms with Gasteiger partial charge in [-0.25, -0.2) is 0 Å². The first-order chi connectivity index (χ1) is 43.8. The Labute approximate surface area is 607 Å². The molecule has 510 valence electrons. The van der Waals surface area contributed by atoms with Gasteiger partial charge in [0.05, 0.1) is 86.9 Å². The summed E-state index contributed by atoms with van der Waals surface area (Å²) in [7, 11) is 14.3. The molecule has 0 radical (unpaired) electrons. The standard InChI is InChI=1S/C19H21Cl3N2O.C13H17Cl4NO.C13H19Cl2NO3.C8H6Cl2O.C7H4Cl2O.C5H13NO2/c1-23-11-19(17-8-5-14(21)9-18(17)22)24(10-16(23)12-25-2)15-6-3-13(20)4-7-15;1-18(10(6-14)8-19-2)7-13(17)11-4-3-9(15)5-12(11)16;1-16(10(7-17)8-19-2)6-13(18)11-4-3-9(14)5-12(11)15;9-5-1-2-6(7(10)3-5)8-4-11-8;8-6-2-1-5(4-10)7(9)3-6;1-6-5(3-7)4-8-2/h3-9,16,19H,10-12H2,1-2H3;3-5,10,13H,6-8H2,1-2H3;3-5,10,13,17-18H,6-8H2,1-2H3;1-3,8H,4H2;1-4H;5-7H,3-4H2,1-2H3/t16-,19-;;;;;/m1...../s1. The average molecular weight is 1540 g/mol. The van der Waals surface area contributed by atoms with Gasteiger partial charge in [0.2, 0.25) is 0 Å². The second kappa shape index (κ2) is 45.6. The summed E-state index contributed by atoms with van der Waals surface area (Å²) in [5.74, 6) is 0.488. The van der Waals surface area contributed by atoms with Gasteiger partial charge in [0, 0.05) is 139 Å². The highest BCUT2D eigenvalue weighted by Gasteiger charge is 2.34. The Morgan fingerprint density at radius 1 is 0.598 bits per heavy atom. The Morgan fingerprint density at radius 3 is 1.50 bits per heavy atom. The first-order valence-electron chi connectivity index (χ1n) is 28.5. The fourth-order valence-corrected chi connectivity index (χ4v) is 12.4. The maximum Gasteiger partial charge on any atom is 0.151 e. The molecule has 4 N–H and O–H groups in total. The predicted octanol–water partition coefficient (Wildman–Crippen LogP) is 16.7. The lowest BCUT2D eigenvalue weighted by Crippen LogP contribution is -2.54. The van der Waals surface area contributed by atoms with Crippen molar-refractivity contribution in [3.05, 3.63) is 198 Å². The summed E-state index contributed by atoms with van der Waals surface area (Å²) in [6.45, 7) is 5.74. The Morgan fingerprint density at radius 2 is 1.07 bits per heavy atom. The zero-order valence-electron chi connectivity index (χ0n) is 52.1. The largest absolute Gasteiger partial charge is 0.395 e. The summed E-state index contributed by atoms with van der Waals surface area (Å²) in [4.78, 5) is 18.8. The highest BCUT2D eigenvalue weighted by molar-refractivity contribution is 6.38. The molecule has 0 bridgehead atoms. The quantitative estimate of drug-likeness (QED) is 0.0258.